The number of phosphoric acid groups is 1. The molecule has 1 aliphatic rings. The third-order valence-electron chi connectivity index (χ3n) is 3.56. The van der Waals surface area contributed by atoms with Gasteiger partial charge < -0.3 is 19.8 Å². The molecule has 3 N–H and O–H groups in total. The average Bonchev–Trinajstić information content (AvgIpc) is 3.10. The van der Waals surface area contributed by atoms with Crippen LogP contribution >= 0.6 is 19.4 Å². The summed E-state index contributed by atoms with van der Waals surface area (Å²) in [6.07, 6.45) is -2.24. The molecule has 5 atom stereocenters. The highest BCUT2D eigenvalue weighted by atomic mass is 35.5. The van der Waals surface area contributed by atoms with Crippen molar-refractivity contribution in [1.29, 1.82) is 0 Å². The summed E-state index contributed by atoms with van der Waals surface area (Å²) in [5, 5.41) is 20.4. The highest BCUT2D eigenvalue weighted by molar-refractivity contribution is 7.47. The number of fused-ring (bicyclic) bond motifs is 1. The highest BCUT2D eigenvalue weighted by Crippen LogP contribution is 2.43. The van der Waals surface area contributed by atoms with Crippen molar-refractivity contribution in [2.24, 2.45) is 0 Å². The predicted molar refractivity (Wildman–Crippen MR) is 79.0 cm³/mol. The van der Waals surface area contributed by atoms with Gasteiger partial charge in [0.05, 0.1) is 12.9 Å². The minimum Gasteiger partial charge on any atom is -0.387 e. The average molecular weight is 381 g/mol. The number of rotatable bonds is 5. The first kappa shape index (κ1) is 17.6. The standard InChI is InChI=1S/C11H14ClN4O7P/c1-21-24(19,20)22-2-5-7(17)8(18)11(23-5)16-4-15-6-9(12)13-3-14-10(6)16/h3-5,7-8,11,17-18H,2H2,1H3,(H,19,20). The van der Waals surface area contributed by atoms with E-state index in [0.717, 1.165) is 7.11 Å². The Kier molecular flexibility index (Phi) is 4.87. The van der Waals surface area contributed by atoms with Crippen LogP contribution in [0.15, 0.2) is 12.7 Å². The van der Waals surface area contributed by atoms with E-state index in [1.165, 1.54) is 17.2 Å². The second kappa shape index (κ2) is 6.62. The lowest BCUT2D eigenvalue weighted by Gasteiger charge is -2.16. The van der Waals surface area contributed by atoms with E-state index in [-0.39, 0.29) is 5.15 Å². The first-order valence-electron chi connectivity index (χ1n) is 6.72. The summed E-state index contributed by atoms with van der Waals surface area (Å²) < 4.78 is 27.2. The maximum Gasteiger partial charge on any atom is 0.472 e. The zero-order chi connectivity index (χ0) is 17.5. The van der Waals surface area contributed by atoms with Crippen LogP contribution in [-0.4, -0.2) is 66.7 Å². The smallest absolute Gasteiger partial charge is 0.387 e. The number of nitrogens with zero attached hydrogens (tertiary/aromatic N) is 4. The molecule has 24 heavy (non-hydrogen) atoms. The van der Waals surface area contributed by atoms with E-state index >= 15 is 0 Å². The molecule has 1 saturated heterocycles. The number of ether oxygens (including phenoxy) is 1. The second-order valence-electron chi connectivity index (χ2n) is 4.98. The van der Waals surface area contributed by atoms with Crippen LogP contribution in [-0.2, 0) is 18.3 Å². The van der Waals surface area contributed by atoms with Crippen LogP contribution in [0.25, 0.3) is 11.2 Å². The summed E-state index contributed by atoms with van der Waals surface area (Å²) in [5.41, 5.74) is 0.612. The molecule has 0 spiro atoms. The lowest BCUT2D eigenvalue weighted by atomic mass is 10.1. The monoisotopic (exact) mass is 380 g/mol. The van der Waals surface area contributed by atoms with Gasteiger partial charge in [0.25, 0.3) is 0 Å². The maximum atomic E-state index is 11.3. The Bertz CT molecular complexity index is 789. The van der Waals surface area contributed by atoms with Crippen LogP contribution in [0, 0.1) is 0 Å². The largest absolute Gasteiger partial charge is 0.472 e. The number of aliphatic hydroxyl groups excluding tert-OH is 2. The molecular formula is C11H14ClN4O7P. The number of phosphoric ester groups is 1. The van der Waals surface area contributed by atoms with Crippen LogP contribution < -0.4 is 0 Å². The van der Waals surface area contributed by atoms with Gasteiger partial charge in [0.2, 0.25) is 0 Å². The Morgan fingerprint density at radius 1 is 1.38 bits per heavy atom. The molecule has 5 unspecified atom stereocenters. The molecule has 3 rings (SSSR count). The molecule has 0 bridgehead atoms. The fraction of sp³-hybridized carbons (Fsp3) is 0.545. The van der Waals surface area contributed by atoms with Gasteiger partial charge in [0.1, 0.15) is 30.2 Å². The molecule has 0 radical (unpaired) electrons. The van der Waals surface area contributed by atoms with E-state index < -0.39 is 39.0 Å². The molecular weight excluding hydrogens is 367 g/mol. The van der Waals surface area contributed by atoms with Crippen molar-refractivity contribution < 1.29 is 33.5 Å². The Morgan fingerprint density at radius 3 is 2.83 bits per heavy atom. The number of aromatic nitrogens is 4. The van der Waals surface area contributed by atoms with Gasteiger partial charge in [-0.05, 0) is 0 Å². The Hall–Kier alpha value is -1.17. The van der Waals surface area contributed by atoms with Crippen LogP contribution in [0.5, 0.6) is 0 Å². The van der Waals surface area contributed by atoms with Crippen LogP contribution in [0.2, 0.25) is 5.15 Å². The molecule has 1 aliphatic heterocycles. The Balaban J connectivity index is 1.82. The van der Waals surface area contributed by atoms with Crippen molar-refractivity contribution in [2.45, 2.75) is 24.5 Å². The van der Waals surface area contributed by atoms with Crippen LogP contribution in [0.4, 0.5) is 0 Å². The van der Waals surface area contributed by atoms with Gasteiger partial charge in [-0.1, -0.05) is 11.6 Å². The summed E-state index contributed by atoms with van der Waals surface area (Å²) in [7, 11) is -3.22. The number of hydrogen-bond donors (Lipinski definition) is 3. The molecule has 0 aliphatic carbocycles. The zero-order valence-electron chi connectivity index (χ0n) is 12.3. The van der Waals surface area contributed by atoms with E-state index in [1.807, 2.05) is 0 Å². The fourth-order valence-electron chi connectivity index (χ4n) is 2.33. The third kappa shape index (κ3) is 3.17. The zero-order valence-corrected chi connectivity index (χ0v) is 13.9. The molecule has 0 saturated carbocycles. The van der Waals surface area contributed by atoms with Gasteiger partial charge >= 0.3 is 7.82 Å². The summed E-state index contributed by atoms with van der Waals surface area (Å²) in [4.78, 5) is 21.1. The van der Waals surface area contributed by atoms with Gasteiger partial charge in [-0.25, -0.2) is 19.5 Å². The molecule has 132 valence electrons. The van der Waals surface area contributed by atoms with Crippen LogP contribution in [0.3, 0.4) is 0 Å². The van der Waals surface area contributed by atoms with Crippen LogP contribution in [0.1, 0.15) is 6.23 Å². The van der Waals surface area contributed by atoms with Crippen molar-refractivity contribution in [2.75, 3.05) is 13.7 Å². The Labute approximate surface area is 140 Å². The van der Waals surface area contributed by atoms with E-state index in [9.17, 15) is 19.7 Å². The molecule has 13 heteroatoms. The number of hydrogen-bond acceptors (Lipinski definition) is 9. The number of aliphatic hydroxyl groups is 2. The van der Waals surface area contributed by atoms with Crippen molar-refractivity contribution >= 4 is 30.6 Å². The minimum atomic E-state index is -4.23. The van der Waals surface area contributed by atoms with Crippen molar-refractivity contribution in [3.63, 3.8) is 0 Å². The maximum absolute atomic E-state index is 11.3. The molecule has 11 nitrogen and oxygen atoms in total. The SMILES string of the molecule is COP(=O)(O)OCC1OC(n2cnc3c(Cl)ncnc32)C(O)C1O. The molecule has 0 aromatic carbocycles. The Morgan fingerprint density at radius 2 is 2.12 bits per heavy atom. The summed E-state index contributed by atoms with van der Waals surface area (Å²) >= 11 is 5.91. The minimum absolute atomic E-state index is 0.132. The molecule has 2 aromatic heterocycles. The topological polar surface area (TPSA) is 149 Å². The number of halogens is 1. The van der Waals surface area contributed by atoms with Gasteiger partial charge in [-0.15, -0.1) is 0 Å². The van der Waals surface area contributed by atoms with Gasteiger partial charge in [0.15, 0.2) is 17.0 Å². The third-order valence-corrected chi connectivity index (χ3v) is 4.77. The number of imidazole rings is 1. The summed E-state index contributed by atoms with van der Waals surface area (Å²) in [6.45, 7) is -0.460. The van der Waals surface area contributed by atoms with E-state index in [1.54, 1.807) is 0 Å². The van der Waals surface area contributed by atoms with Gasteiger partial charge in [-0.3, -0.25) is 13.6 Å². The first-order chi connectivity index (χ1) is 11.3. The predicted octanol–water partition coefficient (Wildman–Crippen LogP) is -0.138. The van der Waals surface area contributed by atoms with Gasteiger partial charge in [-0.2, -0.15) is 0 Å². The van der Waals surface area contributed by atoms with Crippen molar-refractivity contribution in [3.05, 3.63) is 17.8 Å². The highest BCUT2D eigenvalue weighted by Gasteiger charge is 2.45. The first-order valence-corrected chi connectivity index (χ1v) is 8.59. The van der Waals surface area contributed by atoms with E-state index in [4.69, 9.17) is 16.3 Å². The van der Waals surface area contributed by atoms with Crippen molar-refractivity contribution in [1.82, 2.24) is 19.5 Å². The lowest BCUT2D eigenvalue weighted by molar-refractivity contribution is -0.0509. The quantitative estimate of drug-likeness (QED) is 0.472. The van der Waals surface area contributed by atoms with Gasteiger partial charge in [0, 0.05) is 7.11 Å². The molecule has 3 heterocycles. The summed E-state index contributed by atoms with van der Waals surface area (Å²) in [5.74, 6) is 0. The molecule has 1 fully saturated rings. The molecule has 2 aromatic rings. The van der Waals surface area contributed by atoms with E-state index in [2.05, 4.69) is 24.0 Å². The molecule has 0 amide bonds. The van der Waals surface area contributed by atoms with E-state index in [0.29, 0.717) is 11.2 Å². The summed E-state index contributed by atoms with van der Waals surface area (Å²) in [6, 6.07) is 0. The normalized spacial score (nSPS) is 29.9. The fourth-order valence-corrected chi connectivity index (χ4v) is 2.94. The second-order valence-corrected chi connectivity index (χ2v) is 6.90. The van der Waals surface area contributed by atoms with Crippen molar-refractivity contribution in [3.8, 4) is 0 Å². The lowest BCUT2D eigenvalue weighted by Crippen LogP contribution is -2.33.